The van der Waals surface area contributed by atoms with Gasteiger partial charge >= 0.3 is 5.97 Å². The van der Waals surface area contributed by atoms with Crippen LogP contribution in [0.15, 0.2) is 82.0 Å². The van der Waals surface area contributed by atoms with Crippen LogP contribution in [-0.2, 0) is 9.53 Å². The van der Waals surface area contributed by atoms with E-state index in [0.29, 0.717) is 44.7 Å². The lowest BCUT2D eigenvalue weighted by Gasteiger charge is -2.10. The van der Waals surface area contributed by atoms with Gasteiger partial charge in [0.15, 0.2) is 18.1 Å². The predicted octanol–water partition coefficient (Wildman–Crippen LogP) is 5.91. The predicted molar refractivity (Wildman–Crippen MR) is 130 cm³/mol. The van der Waals surface area contributed by atoms with E-state index in [1.54, 1.807) is 66.9 Å². The summed E-state index contributed by atoms with van der Waals surface area (Å²) in [6.45, 7) is 1.38. The summed E-state index contributed by atoms with van der Waals surface area (Å²) in [5.74, 6) is -0.101. The van der Waals surface area contributed by atoms with Gasteiger partial charge in [0.25, 0.3) is 5.91 Å². The first-order valence-corrected chi connectivity index (χ1v) is 11.0. The molecular weight excluding hydrogens is 470 g/mol. The topological polar surface area (TPSA) is 107 Å². The highest BCUT2D eigenvalue weighted by atomic mass is 35.5. The second-order valence-corrected chi connectivity index (χ2v) is 8.10. The molecule has 0 spiro atoms. The number of esters is 1. The van der Waals surface area contributed by atoms with Crippen LogP contribution in [0.1, 0.15) is 15.9 Å². The Bertz CT molecular complexity index is 1530. The average Bonchev–Trinajstić information content (AvgIpc) is 3.58. The van der Waals surface area contributed by atoms with Gasteiger partial charge < -0.3 is 18.9 Å². The number of furan rings is 2. The summed E-state index contributed by atoms with van der Waals surface area (Å²) in [4.78, 5) is 34.2. The van der Waals surface area contributed by atoms with E-state index in [1.165, 1.54) is 6.26 Å². The number of anilines is 1. The zero-order valence-corrected chi connectivity index (χ0v) is 19.2. The first-order chi connectivity index (χ1) is 17.0. The van der Waals surface area contributed by atoms with E-state index in [2.05, 4.69) is 15.3 Å². The Morgan fingerprint density at radius 3 is 2.26 bits per heavy atom. The normalized spacial score (nSPS) is 10.9. The van der Waals surface area contributed by atoms with Crippen LogP contribution >= 0.6 is 11.6 Å². The van der Waals surface area contributed by atoms with Crippen molar-refractivity contribution in [3.8, 4) is 22.9 Å². The van der Waals surface area contributed by atoms with Gasteiger partial charge in [-0.05, 0) is 67.1 Å². The molecule has 0 fully saturated rings. The number of nitrogens with zero attached hydrogens (tertiary/aromatic N) is 2. The molecule has 9 heteroatoms. The van der Waals surface area contributed by atoms with E-state index in [-0.39, 0.29) is 5.56 Å². The summed E-state index contributed by atoms with van der Waals surface area (Å²) in [7, 11) is 0. The Labute approximate surface area is 204 Å². The third kappa shape index (κ3) is 4.78. The van der Waals surface area contributed by atoms with Crippen LogP contribution in [0, 0.1) is 6.92 Å². The number of rotatable bonds is 6. The van der Waals surface area contributed by atoms with Crippen LogP contribution < -0.4 is 5.32 Å². The van der Waals surface area contributed by atoms with Crippen molar-refractivity contribution in [2.45, 2.75) is 6.92 Å². The summed E-state index contributed by atoms with van der Waals surface area (Å²) in [6, 6.07) is 17.0. The number of ether oxygens (including phenoxy) is 1. The number of hydrogen-bond donors (Lipinski definition) is 1. The zero-order valence-electron chi connectivity index (χ0n) is 18.4. The van der Waals surface area contributed by atoms with Crippen molar-refractivity contribution in [1.29, 1.82) is 0 Å². The molecule has 0 aliphatic rings. The number of carbonyl (C=O) groups excluding carboxylic acids is 2. The van der Waals surface area contributed by atoms with Gasteiger partial charge in [0.1, 0.15) is 11.4 Å². The van der Waals surface area contributed by atoms with Gasteiger partial charge in [0, 0.05) is 10.7 Å². The van der Waals surface area contributed by atoms with Crippen molar-refractivity contribution in [3.63, 3.8) is 0 Å². The van der Waals surface area contributed by atoms with Gasteiger partial charge in [-0.1, -0.05) is 17.7 Å². The highest BCUT2D eigenvalue weighted by Crippen LogP contribution is 2.31. The summed E-state index contributed by atoms with van der Waals surface area (Å²) in [5, 5.41) is 3.18. The standard InChI is InChI=1S/C26H18ClN3O5/c1-15-6-8-17(27)13-19(15)28-23(31)14-35-26(32)16-7-9-18-20(12-16)30-25(22-5-3-11-34-22)24(29-18)21-4-2-10-33-21/h2-13H,14H2,1H3,(H,28,31). The van der Waals surface area contributed by atoms with Crippen molar-refractivity contribution < 1.29 is 23.2 Å². The van der Waals surface area contributed by atoms with Crippen molar-refractivity contribution in [1.82, 2.24) is 9.97 Å². The molecule has 0 bridgehead atoms. The van der Waals surface area contributed by atoms with Crippen molar-refractivity contribution in [3.05, 3.63) is 89.3 Å². The minimum Gasteiger partial charge on any atom is -0.463 e. The van der Waals surface area contributed by atoms with E-state index in [4.69, 9.17) is 25.2 Å². The zero-order chi connectivity index (χ0) is 24.4. The summed E-state index contributed by atoms with van der Waals surface area (Å²) in [5.41, 5.74) is 3.62. The minimum atomic E-state index is -0.665. The molecule has 1 amide bonds. The van der Waals surface area contributed by atoms with Gasteiger partial charge in [0.05, 0.1) is 29.1 Å². The Morgan fingerprint density at radius 2 is 1.60 bits per heavy atom. The number of carbonyl (C=O) groups is 2. The second kappa shape index (κ2) is 9.44. The monoisotopic (exact) mass is 487 g/mol. The number of fused-ring (bicyclic) bond motifs is 1. The molecule has 5 rings (SSSR count). The highest BCUT2D eigenvalue weighted by Gasteiger charge is 2.19. The number of halogens is 1. The van der Waals surface area contributed by atoms with Gasteiger partial charge in [-0.3, -0.25) is 4.79 Å². The van der Waals surface area contributed by atoms with Crippen LogP contribution in [0.5, 0.6) is 0 Å². The molecule has 0 saturated heterocycles. The largest absolute Gasteiger partial charge is 0.463 e. The third-order valence-corrected chi connectivity index (χ3v) is 5.45. The Morgan fingerprint density at radius 1 is 0.914 bits per heavy atom. The summed E-state index contributed by atoms with van der Waals surface area (Å²) < 4.78 is 16.2. The molecule has 2 aromatic carbocycles. The molecule has 3 heterocycles. The first-order valence-electron chi connectivity index (χ1n) is 10.6. The van der Waals surface area contributed by atoms with Crippen molar-refractivity contribution in [2.75, 3.05) is 11.9 Å². The van der Waals surface area contributed by atoms with Gasteiger partial charge in [-0.25, -0.2) is 14.8 Å². The SMILES string of the molecule is Cc1ccc(Cl)cc1NC(=O)COC(=O)c1ccc2nc(-c3ccco3)c(-c3ccco3)nc2c1. The van der Waals surface area contributed by atoms with E-state index >= 15 is 0 Å². The lowest BCUT2D eigenvalue weighted by molar-refractivity contribution is -0.119. The quantitative estimate of drug-likeness (QED) is 0.297. The molecule has 0 radical (unpaired) electrons. The van der Waals surface area contributed by atoms with Crippen LogP contribution in [0.25, 0.3) is 33.9 Å². The number of hydrogen-bond acceptors (Lipinski definition) is 7. The van der Waals surface area contributed by atoms with Crippen molar-refractivity contribution >= 4 is 40.2 Å². The van der Waals surface area contributed by atoms with E-state index in [9.17, 15) is 9.59 Å². The lowest BCUT2D eigenvalue weighted by atomic mass is 10.1. The molecule has 174 valence electrons. The maximum atomic E-state index is 12.6. The van der Waals surface area contributed by atoms with Crippen molar-refractivity contribution in [2.24, 2.45) is 0 Å². The summed E-state index contributed by atoms with van der Waals surface area (Å²) >= 11 is 5.98. The Balaban J connectivity index is 1.37. The molecule has 0 unspecified atom stereocenters. The fourth-order valence-corrected chi connectivity index (χ4v) is 3.65. The number of amides is 1. The van der Waals surface area contributed by atoms with Gasteiger partial charge in [-0.15, -0.1) is 0 Å². The molecular formula is C26H18ClN3O5. The van der Waals surface area contributed by atoms with E-state index < -0.39 is 18.5 Å². The molecule has 0 aliphatic heterocycles. The molecule has 0 aliphatic carbocycles. The maximum Gasteiger partial charge on any atom is 0.338 e. The molecule has 0 atom stereocenters. The number of benzene rings is 2. The van der Waals surface area contributed by atoms with Crippen LogP contribution in [-0.4, -0.2) is 28.5 Å². The second-order valence-electron chi connectivity index (χ2n) is 7.66. The minimum absolute atomic E-state index is 0.231. The molecule has 5 aromatic rings. The maximum absolute atomic E-state index is 12.6. The van der Waals surface area contributed by atoms with Crippen LogP contribution in [0.4, 0.5) is 5.69 Å². The van der Waals surface area contributed by atoms with Crippen LogP contribution in [0.3, 0.4) is 0 Å². The lowest BCUT2D eigenvalue weighted by Crippen LogP contribution is -2.21. The number of aromatic nitrogens is 2. The number of aryl methyl sites for hydroxylation is 1. The van der Waals surface area contributed by atoms with Gasteiger partial charge in [0.2, 0.25) is 0 Å². The molecule has 3 aromatic heterocycles. The molecule has 0 saturated carbocycles. The number of nitrogens with one attached hydrogen (secondary N) is 1. The molecule has 35 heavy (non-hydrogen) atoms. The fraction of sp³-hybridized carbons (Fsp3) is 0.0769. The highest BCUT2D eigenvalue weighted by molar-refractivity contribution is 6.31. The first kappa shape index (κ1) is 22.4. The fourth-order valence-electron chi connectivity index (χ4n) is 3.48. The average molecular weight is 488 g/mol. The molecule has 1 N–H and O–H groups in total. The van der Waals surface area contributed by atoms with E-state index in [1.807, 2.05) is 6.92 Å². The van der Waals surface area contributed by atoms with Gasteiger partial charge in [-0.2, -0.15) is 0 Å². The Hall–Kier alpha value is -4.43. The van der Waals surface area contributed by atoms with Crippen LogP contribution in [0.2, 0.25) is 5.02 Å². The smallest absolute Gasteiger partial charge is 0.338 e. The summed E-state index contributed by atoms with van der Waals surface area (Å²) in [6.07, 6.45) is 3.09. The Kier molecular flexibility index (Phi) is 6.03. The third-order valence-electron chi connectivity index (χ3n) is 5.22. The van der Waals surface area contributed by atoms with E-state index in [0.717, 1.165) is 5.56 Å². The molecule has 8 nitrogen and oxygen atoms in total.